The second kappa shape index (κ2) is 5.15. The van der Waals surface area contributed by atoms with Gasteiger partial charge in [0, 0.05) is 13.1 Å². The van der Waals surface area contributed by atoms with E-state index in [0.29, 0.717) is 15.7 Å². The van der Waals surface area contributed by atoms with Gasteiger partial charge in [0.2, 0.25) is 0 Å². The molecule has 1 aliphatic heterocycles. The minimum atomic E-state index is -3.58. The van der Waals surface area contributed by atoms with E-state index < -0.39 is 16.0 Å². The molecule has 2 heterocycles. The molecule has 0 saturated heterocycles. The van der Waals surface area contributed by atoms with E-state index in [2.05, 4.69) is 0 Å². The fraction of sp³-hybridized carbons (Fsp3) is 0.312. The van der Waals surface area contributed by atoms with Gasteiger partial charge in [-0.15, -0.1) is 11.3 Å². The Bertz CT molecular complexity index is 897. The highest BCUT2D eigenvalue weighted by Gasteiger charge is 2.37. The number of carboxylic acids is 1. The number of hydrogen-bond donors (Lipinski definition) is 1. The maximum atomic E-state index is 13.0. The number of nitrogens with zero attached hydrogens (tertiary/aromatic N) is 1. The highest BCUT2D eigenvalue weighted by Crippen LogP contribution is 2.46. The molecule has 23 heavy (non-hydrogen) atoms. The molecule has 1 aliphatic carbocycles. The molecule has 0 bridgehead atoms. The van der Waals surface area contributed by atoms with E-state index in [4.69, 9.17) is 0 Å². The van der Waals surface area contributed by atoms with E-state index in [-0.39, 0.29) is 18.7 Å². The zero-order valence-corrected chi connectivity index (χ0v) is 13.9. The summed E-state index contributed by atoms with van der Waals surface area (Å²) in [7, 11) is -3.58. The van der Waals surface area contributed by atoms with Gasteiger partial charge in [-0.25, -0.2) is 13.2 Å². The zero-order chi connectivity index (χ0) is 16.2. The second-order valence-corrected chi connectivity index (χ2v) is 9.01. The topological polar surface area (TPSA) is 74.7 Å². The van der Waals surface area contributed by atoms with Crippen LogP contribution in [0, 0.1) is 0 Å². The van der Waals surface area contributed by atoms with Crippen molar-refractivity contribution in [2.75, 3.05) is 0 Å². The molecule has 1 aromatic heterocycles. The highest BCUT2D eigenvalue weighted by atomic mass is 32.2. The van der Waals surface area contributed by atoms with Crippen LogP contribution in [0.2, 0.25) is 0 Å². The van der Waals surface area contributed by atoms with Crippen LogP contribution in [0.25, 0.3) is 0 Å². The third kappa shape index (κ3) is 2.39. The monoisotopic (exact) mass is 349 g/mol. The molecule has 0 unspecified atom stereocenters. The van der Waals surface area contributed by atoms with E-state index in [0.717, 1.165) is 24.0 Å². The van der Waals surface area contributed by atoms with Crippen LogP contribution in [0.3, 0.4) is 0 Å². The number of sulfonamides is 1. The van der Waals surface area contributed by atoms with Gasteiger partial charge in [-0.3, -0.25) is 0 Å². The van der Waals surface area contributed by atoms with E-state index in [1.807, 2.05) is 11.4 Å². The molecular weight excluding hydrogens is 334 g/mol. The average molecular weight is 349 g/mol. The van der Waals surface area contributed by atoms with Crippen molar-refractivity contribution in [1.82, 2.24) is 4.31 Å². The standard InChI is InChI=1S/C16H15NO4S2/c18-15(19)13-3-1-2-11-8-17(9-14(11)13)23(20,21)16-12(6-7-22-16)10-4-5-10/h1-3,6-7,10H,4-5,8-9H2,(H,18,19). The Hall–Kier alpha value is -1.70. The summed E-state index contributed by atoms with van der Waals surface area (Å²) in [6.45, 7) is 0.364. The summed E-state index contributed by atoms with van der Waals surface area (Å²) in [4.78, 5) is 11.3. The average Bonchev–Trinajstić information content (AvgIpc) is 3.07. The van der Waals surface area contributed by atoms with Gasteiger partial charge in [-0.2, -0.15) is 4.31 Å². The normalized spacial score (nSPS) is 18.1. The Kier molecular flexibility index (Phi) is 3.33. The first-order valence-corrected chi connectivity index (χ1v) is 9.72. The zero-order valence-electron chi connectivity index (χ0n) is 12.2. The molecule has 1 saturated carbocycles. The van der Waals surface area contributed by atoms with E-state index in [1.54, 1.807) is 12.1 Å². The van der Waals surface area contributed by atoms with Gasteiger partial charge in [0.1, 0.15) is 4.21 Å². The van der Waals surface area contributed by atoms with Crippen LogP contribution < -0.4 is 0 Å². The van der Waals surface area contributed by atoms with Crippen LogP contribution in [0.1, 0.15) is 45.8 Å². The largest absolute Gasteiger partial charge is 0.478 e. The van der Waals surface area contributed by atoms with Crippen LogP contribution in [0.4, 0.5) is 0 Å². The lowest BCUT2D eigenvalue weighted by Crippen LogP contribution is -2.25. The SMILES string of the molecule is O=C(O)c1cccc2c1CN(S(=O)(=O)c1sccc1C1CC1)C2. The van der Waals surface area contributed by atoms with E-state index in [9.17, 15) is 18.3 Å². The Morgan fingerprint density at radius 3 is 2.70 bits per heavy atom. The van der Waals surface area contributed by atoms with Crippen molar-refractivity contribution in [3.63, 3.8) is 0 Å². The molecule has 2 aliphatic rings. The number of carboxylic acid groups (broad SMARTS) is 1. The molecule has 1 N–H and O–H groups in total. The number of hydrogen-bond acceptors (Lipinski definition) is 4. The van der Waals surface area contributed by atoms with Gasteiger partial charge in [0.15, 0.2) is 0 Å². The minimum absolute atomic E-state index is 0.127. The smallest absolute Gasteiger partial charge is 0.336 e. The molecule has 5 nitrogen and oxygen atoms in total. The molecule has 0 amide bonds. The first kappa shape index (κ1) is 14.9. The number of fused-ring (bicyclic) bond motifs is 1. The molecule has 7 heteroatoms. The molecule has 0 atom stereocenters. The van der Waals surface area contributed by atoms with Crippen LogP contribution in [0.5, 0.6) is 0 Å². The van der Waals surface area contributed by atoms with E-state index in [1.165, 1.54) is 21.7 Å². The van der Waals surface area contributed by atoms with E-state index >= 15 is 0 Å². The summed E-state index contributed by atoms with van der Waals surface area (Å²) in [6, 6.07) is 6.89. The lowest BCUT2D eigenvalue weighted by atomic mass is 10.0. The van der Waals surface area contributed by atoms with Crippen LogP contribution >= 0.6 is 11.3 Å². The first-order chi connectivity index (χ1) is 11.0. The van der Waals surface area contributed by atoms with Crippen molar-refractivity contribution >= 4 is 27.3 Å². The Balaban J connectivity index is 1.71. The summed E-state index contributed by atoms with van der Waals surface area (Å²) in [6.07, 6.45) is 2.09. The summed E-state index contributed by atoms with van der Waals surface area (Å²) < 4.78 is 27.8. The lowest BCUT2D eigenvalue weighted by molar-refractivity contribution is 0.0695. The van der Waals surface area contributed by atoms with Crippen LogP contribution in [0.15, 0.2) is 33.9 Å². The molecule has 4 rings (SSSR count). The fourth-order valence-electron chi connectivity index (χ4n) is 3.09. The highest BCUT2D eigenvalue weighted by molar-refractivity contribution is 7.91. The van der Waals surface area contributed by atoms with Gasteiger partial charge in [0.25, 0.3) is 10.0 Å². The van der Waals surface area contributed by atoms with Gasteiger partial charge < -0.3 is 5.11 Å². The number of thiophene rings is 1. The van der Waals surface area contributed by atoms with Crippen molar-refractivity contribution in [3.05, 3.63) is 51.9 Å². The lowest BCUT2D eigenvalue weighted by Gasteiger charge is -2.15. The molecule has 1 fully saturated rings. The molecule has 1 aromatic carbocycles. The van der Waals surface area contributed by atoms with Crippen molar-refractivity contribution in [2.45, 2.75) is 36.1 Å². The van der Waals surface area contributed by atoms with Crippen LogP contribution in [-0.2, 0) is 23.1 Å². The van der Waals surface area contributed by atoms with Gasteiger partial charge in [-0.05, 0) is 53.0 Å². The number of carbonyl (C=O) groups is 1. The summed E-state index contributed by atoms with van der Waals surface area (Å²) in [5, 5.41) is 11.1. The van der Waals surface area contributed by atoms with Crippen molar-refractivity contribution in [3.8, 4) is 0 Å². The predicted molar refractivity (Wildman–Crippen MR) is 86.1 cm³/mol. The maximum absolute atomic E-state index is 13.0. The molecule has 0 spiro atoms. The number of aromatic carboxylic acids is 1. The summed E-state index contributed by atoms with van der Waals surface area (Å²) >= 11 is 1.25. The summed E-state index contributed by atoms with van der Waals surface area (Å²) in [5.74, 6) is -0.651. The van der Waals surface area contributed by atoms with Gasteiger partial charge in [0.05, 0.1) is 5.56 Å². The molecule has 0 radical (unpaired) electrons. The molecule has 2 aromatic rings. The third-order valence-corrected chi connectivity index (χ3v) is 7.72. The maximum Gasteiger partial charge on any atom is 0.336 e. The summed E-state index contributed by atoms with van der Waals surface area (Å²) in [5.41, 5.74) is 2.49. The third-order valence-electron chi connectivity index (χ3n) is 4.43. The Labute approximate surface area is 138 Å². The van der Waals surface area contributed by atoms with Crippen molar-refractivity contribution in [1.29, 1.82) is 0 Å². The quantitative estimate of drug-likeness (QED) is 0.921. The minimum Gasteiger partial charge on any atom is -0.478 e. The Morgan fingerprint density at radius 1 is 1.22 bits per heavy atom. The first-order valence-electron chi connectivity index (χ1n) is 7.40. The van der Waals surface area contributed by atoms with Gasteiger partial charge >= 0.3 is 5.97 Å². The number of rotatable bonds is 4. The van der Waals surface area contributed by atoms with Crippen molar-refractivity contribution < 1.29 is 18.3 Å². The fourth-order valence-corrected chi connectivity index (χ4v) is 6.14. The second-order valence-electron chi connectivity index (χ2n) is 5.96. The predicted octanol–water partition coefficient (Wildman–Crippen LogP) is 3.03. The van der Waals surface area contributed by atoms with Crippen molar-refractivity contribution in [2.24, 2.45) is 0 Å². The Morgan fingerprint density at radius 2 is 2.00 bits per heavy atom. The molecular formula is C16H15NO4S2. The van der Waals surface area contributed by atoms with Gasteiger partial charge in [-0.1, -0.05) is 12.1 Å². The molecule has 120 valence electrons. The van der Waals surface area contributed by atoms with Crippen LogP contribution in [-0.4, -0.2) is 23.8 Å². The number of benzene rings is 1.